The first kappa shape index (κ1) is 16.0. The number of nitrogens with one attached hydrogen (secondary N) is 2. The van der Waals surface area contributed by atoms with Gasteiger partial charge in [-0.1, -0.05) is 0 Å². The van der Waals surface area contributed by atoms with Crippen LogP contribution in [0.4, 0.5) is 24.8 Å². The third kappa shape index (κ3) is 4.56. The summed E-state index contributed by atoms with van der Waals surface area (Å²) < 4.78 is 38.0. The predicted molar refractivity (Wildman–Crippen MR) is 68.4 cm³/mol. The maximum Gasteiger partial charge on any atom is 0.451 e. The van der Waals surface area contributed by atoms with Gasteiger partial charge in [-0.15, -0.1) is 0 Å². The Hall–Kier alpha value is -2.06. The van der Waals surface area contributed by atoms with Crippen molar-refractivity contribution in [3.8, 4) is 0 Å². The number of hydrogen-bond donors (Lipinski definition) is 2. The molecule has 0 saturated carbocycles. The molecule has 1 aromatic heterocycles. The topological polar surface area (TPSA) is 70.2 Å². The first-order valence-electron chi connectivity index (χ1n) is 5.88. The highest BCUT2D eigenvalue weighted by atomic mass is 19.4. The van der Waals surface area contributed by atoms with Gasteiger partial charge in [-0.25, -0.2) is 9.97 Å². The van der Waals surface area contributed by atoms with Gasteiger partial charge in [0, 0.05) is 26.7 Å². The van der Waals surface area contributed by atoms with E-state index >= 15 is 0 Å². The molecule has 0 aliphatic heterocycles. The molecular weight excluding hydrogens is 275 g/mol. The van der Waals surface area contributed by atoms with Gasteiger partial charge in [0.15, 0.2) is 0 Å². The second-order valence-electron chi connectivity index (χ2n) is 4.13. The fraction of sp³-hybridized carbons (Fsp3) is 0.545. The van der Waals surface area contributed by atoms with Crippen LogP contribution in [0.1, 0.15) is 12.7 Å². The van der Waals surface area contributed by atoms with Crippen molar-refractivity contribution in [3.05, 3.63) is 11.9 Å². The highest BCUT2D eigenvalue weighted by molar-refractivity contribution is 5.80. The number of rotatable bonds is 5. The Kier molecular flexibility index (Phi) is 5.12. The van der Waals surface area contributed by atoms with Crippen molar-refractivity contribution in [1.82, 2.24) is 14.9 Å². The molecule has 0 aliphatic rings. The fourth-order valence-corrected chi connectivity index (χ4v) is 1.26. The number of amides is 1. The first-order chi connectivity index (χ1) is 9.24. The molecule has 0 atom stereocenters. The molecule has 1 heterocycles. The number of anilines is 2. The Morgan fingerprint density at radius 2 is 1.80 bits per heavy atom. The lowest BCUT2D eigenvalue weighted by atomic mass is 10.4. The number of alkyl halides is 3. The van der Waals surface area contributed by atoms with Crippen LogP contribution < -0.4 is 10.6 Å². The average molecular weight is 291 g/mol. The Balaban J connectivity index is 2.94. The third-order valence-electron chi connectivity index (χ3n) is 2.26. The molecule has 1 aromatic rings. The van der Waals surface area contributed by atoms with Gasteiger partial charge in [0.05, 0.1) is 6.54 Å². The summed E-state index contributed by atoms with van der Waals surface area (Å²) in [5.41, 5.74) is 0. The summed E-state index contributed by atoms with van der Waals surface area (Å²) in [6.45, 7) is 2.01. The number of carbonyl (C=O) groups excluding carboxylic acids is 1. The van der Waals surface area contributed by atoms with Gasteiger partial charge in [0.25, 0.3) is 0 Å². The minimum atomic E-state index is -4.65. The van der Waals surface area contributed by atoms with E-state index < -0.39 is 12.0 Å². The minimum Gasteiger partial charge on any atom is -0.370 e. The number of hydrogen-bond acceptors (Lipinski definition) is 5. The Morgan fingerprint density at radius 3 is 2.25 bits per heavy atom. The Bertz CT molecular complexity index is 476. The summed E-state index contributed by atoms with van der Waals surface area (Å²) in [5.74, 6) is -1.54. The van der Waals surface area contributed by atoms with Crippen molar-refractivity contribution in [2.24, 2.45) is 0 Å². The summed E-state index contributed by atoms with van der Waals surface area (Å²) >= 11 is 0. The van der Waals surface area contributed by atoms with Crippen molar-refractivity contribution in [1.29, 1.82) is 0 Å². The second-order valence-corrected chi connectivity index (χ2v) is 4.13. The molecular formula is C11H16F3N5O. The molecule has 0 saturated heterocycles. The lowest BCUT2D eigenvalue weighted by Gasteiger charge is -2.14. The zero-order valence-corrected chi connectivity index (χ0v) is 11.4. The molecule has 112 valence electrons. The van der Waals surface area contributed by atoms with Crippen LogP contribution in [0.2, 0.25) is 0 Å². The molecule has 0 unspecified atom stereocenters. The normalized spacial score (nSPS) is 11.1. The van der Waals surface area contributed by atoms with Crippen LogP contribution in [-0.2, 0) is 11.0 Å². The maximum absolute atomic E-state index is 12.7. The smallest absolute Gasteiger partial charge is 0.370 e. The van der Waals surface area contributed by atoms with Crippen LogP contribution in [0.25, 0.3) is 0 Å². The van der Waals surface area contributed by atoms with Crippen molar-refractivity contribution in [2.45, 2.75) is 13.1 Å². The van der Waals surface area contributed by atoms with E-state index in [4.69, 9.17) is 0 Å². The second kappa shape index (κ2) is 6.40. The van der Waals surface area contributed by atoms with Crippen LogP contribution in [-0.4, -0.2) is 48.0 Å². The van der Waals surface area contributed by atoms with Gasteiger partial charge in [0.1, 0.15) is 11.6 Å². The standard InChI is InChI=1S/C11H16F3N5O/c1-4-15-7-5-8(16-6-9(20)19(2)3)18-10(17-7)11(12,13)14/h5H,4,6H2,1-3H3,(H2,15,16,17,18). The summed E-state index contributed by atoms with van der Waals surface area (Å²) in [6, 6.07) is 1.32. The Morgan fingerprint density at radius 1 is 1.25 bits per heavy atom. The summed E-state index contributed by atoms with van der Waals surface area (Å²) in [4.78, 5) is 19.4. The van der Waals surface area contributed by atoms with Gasteiger partial charge < -0.3 is 15.5 Å². The lowest BCUT2D eigenvalue weighted by Crippen LogP contribution is -2.29. The van der Waals surface area contributed by atoms with Gasteiger partial charge >= 0.3 is 6.18 Å². The Labute approximate surface area is 114 Å². The number of nitrogens with zero attached hydrogens (tertiary/aromatic N) is 3. The van der Waals surface area contributed by atoms with Crippen molar-refractivity contribution in [2.75, 3.05) is 37.8 Å². The number of aromatic nitrogens is 2. The largest absolute Gasteiger partial charge is 0.451 e. The average Bonchev–Trinajstić information content (AvgIpc) is 2.35. The molecule has 0 bridgehead atoms. The molecule has 6 nitrogen and oxygen atoms in total. The molecule has 2 N–H and O–H groups in total. The highest BCUT2D eigenvalue weighted by Crippen LogP contribution is 2.28. The van der Waals surface area contributed by atoms with E-state index in [9.17, 15) is 18.0 Å². The van der Waals surface area contributed by atoms with E-state index in [1.807, 2.05) is 0 Å². The van der Waals surface area contributed by atoms with Gasteiger partial charge in [0.2, 0.25) is 11.7 Å². The molecule has 1 rings (SSSR count). The monoisotopic (exact) mass is 291 g/mol. The fourth-order valence-electron chi connectivity index (χ4n) is 1.26. The van der Waals surface area contributed by atoms with E-state index in [2.05, 4.69) is 20.6 Å². The van der Waals surface area contributed by atoms with Gasteiger partial charge in [-0.3, -0.25) is 4.79 Å². The third-order valence-corrected chi connectivity index (χ3v) is 2.26. The quantitative estimate of drug-likeness (QED) is 0.859. The van der Waals surface area contributed by atoms with Crippen molar-refractivity contribution in [3.63, 3.8) is 0 Å². The molecule has 0 radical (unpaired) electrons. The molecule has 0 aliphatic carbocycles. The molecule has 0 fully saturated rings. The van der Waals surface area contributed by atoms with Crippen molar-refractivity contribution >= 4 is 17.5 Å². The predicted octanol–water partition coefficient (Wildman–Crippen LogP) is 1.43. The number of carbonyl (C=O) groups is 1. The summed E-state index contributed by atoms with van der Waals surface area (Å²) in [7, 11) is 3.10. The zero-order valence-electron chi connectivity index (χ0n) is 11.4. The molecule has 0 spiro atoms. The minimum absolute atomic E-state index is 0.0506. The zero-order chi connectivity index (χ0) is 15.3. The lowest BCUT2D eigenvalue weighted by molar-refractivity contribution is -0.144. The van der Waals surface area contributed by atoms with Crippen LogP contribution in [0.3, 0.4) is 0 Å². The summed E-state index contributed by atoms with van der Waals surface area (Å²) in [5, 5.41) is 5.24. The molecule has 20 heavy (non-hydrogen) atoms. The number of likely N-dealkylation sites (N-methyl/N-ethyl adjacent to an activating group) is 1. The van der Waals surface area contributed by atoms with E-state index in [1.165, 1.54) is 11.0 Å². The summed E-state index contributed by atoms with van der Waals surface area (Å²) in [6.07, 6.45) is -4.65. The van der Waals surface area contributed by atoms with E-state index in [-0.39, 0.29) is 24.1 Å². The van der Waals surface area contributed by atoms with E-state index in [0.29, 0.717) is 6.54 Å². The highest BCUT2D eigenvalue weighted by Gasteiger charge is 2.35. The van der Waals surface area contributed by atoms with Gasteiger partial charge in [-0.2, -0.15) is 13.2 Å². The molecule has 0 aromatic carbocycles. The molecule has 9 heteroatoms. The van der Waals surface area contributed by atoms with E-state index in [1.54, 1.807) is 21.0 Å². The van der Waals surface area contributed by atoms with Crippen LogP contribution in [0.15, 0.2) is 6.07 Å². The SMILES string of the molecule is CCNc1cc(NCC(=O)N(C)C)nc(C(F)(F)F)n1. The first-order valence-corrected chi connectivity index (χ1v) is 5.88. The molecule has 1 amide bonds. The van der Waals surface area contributed by atoms with Crippen LogP contribution in [0.5, 0.6) is 0 Å². The van der Waals surface area contributed by atoms with E-state index in [0.717, 1.165) is 0 Å². The maximum atomic E-state index is 12.7. The van der Waals surface area contributed by atoms with Crippen LogP contribution in [0, 0.1) is 0 Å². The van der Waals surface area contributed by atoms with Crippen LogP contribution >= 0.6 is 0 Å². The van der Waals surface area contributed by atoms with Gasteiger partial charge in [-0.05, 0) is 6.92 Å². The van der Waals surface area contributed by atoms with Crippen molar-refractivity contribution < 1.29 is 18.0 Å². The number of halogens is 3.